The number of nitrogens with one attached hydrogen (secondary N) is 2. The van der Waals surface area contributed by atoms with Crippen LogP contribution in [0.2, 0.25) is 0 Å². The molecule has 3 rings (SSSR count). The summed E-state index contributed by atoms with van der Waals surface area (Å²) in [5.41, 5.74) is 0.106. The summed E-state index contributed by atoms with van der Waals surface area (Å²) in [6.45, 7) is 0.944. The van der Waals surface area contributed by atoms with Crippen molar-refractivity contribution in [2.24, 2.45) is 11.1 Å². The first-order valence-electron chi connectivity index (χ1n) is 11.2. The lowest BCUT2D eigenvalue weighted by Crippen LogP contribution is -2.48. The molecule has 1 aliphatic heterocycles. The fourth-order valence-electron chi connectivity index (χ4n) is 4.86. The summed E-state index contributed by atoms with van der Waals surface area (Å²) in [6.07, 6.45) is 10.4. The first-order chi connectivity index (χ1) is 14.8. The molecule has 9 heteroatoms. The molecule has 0 radical (unpaired) electrons. The van der Waals surface area contributed by atoms with Gasteiger partial charge in [-0.3, -0.25) is 4.79 Å². The van der Waals surface area contributed by atoms with Crippen LogP contribution >= 0.6 is 0 Å². The molecule has 0 aromatic heterocycles. The molecule has 2 fully saturated rings. The van der Waals surface area contributed by atoms with Gasteiger partial charge in [-0.1, -0.05) is 38.5 Å². The highest BCUT2D eigenvalue weighted by Gasteiger charge is 2.31. The summed E-state index contributed by atoms with van der Waals surface area (Å²) in [5, 5.41) is 12.0. The lowest BCUT2D eigenvalue weighted by Gasteiger charge is -2.29. The van der Waals surface area contributed by atoms with Gasteiger partial charge in [-0.2, -0.15) is 0 Å². The molecule has 2 unspecified atom stereocenters. The Morgan fingerprint density at radius 1 is 1.13 bits per heavy atom. The average Bonchev–Trinajstić information content (AvgIpc) is 3.16. The van der Waals surface area contributed by atoms with Gasteiger partial charge in [0.15, 0.2) is 11.5 Å². The van der Waals surface area contributed by atoms with Gasteiger partial charge in [0.1, 0.15) is 0 Å². The van der Waals surface area contributed by atoms with E-state index in [0.717, 1.165) is 25.8 Å². The van der Waals surface area contributed by atoms with Crippen molar-refractivity contribution in [1.29, 1.82) is 0 Å². The van der Waals surface area contributed by atoms with Crippen molar-refractivity contribution in [2.45, 2.75) is 74.8 Å². The molecule has 8 nitrogen and oxygen atoms in total. The van der Waals surface area contributed by atoms with E-state index in [1.165, 1.54) is 64.9 Å². The zero-order valence-electron chi connectivity index (χ0n) is 18.5. The maximum Gasteiger partial charge on any atom is 0.255 e. The van der Waals surface area contributed by atoms with Crippen LogP contribution in [0.15, 0.2) is 17.0 Å². The minimum Gasteiger partial charge on any atom is -0.493 e. The average molecular weight is 454 g/mol. The van der Waals surface area contributed by atoms with Crippen molar-refractivity contribution in [1.82, 2.24) is 10.6 Å². The standard InChI is InChI=1S/C22H35N3O5S/c1-29-20-14-16(31(23,27)28)13-17(21(20)30-2)22(26)25-19(18-10-7-11-24-18)12-15-8-5-3-4-6-9-15/h13-15,18-19,24H,3-12H2,1-2H3,(H,25,26)(H2,23,27,28). The highest BCUT2D eigenvalue weighted by atomic mass is 32.2. The van der Waals surface area contributed by atoms with Gasteiger partial charge in [-0.05, 0) is 37.8 Å². The van der Waals surface area contributed by atoms with E-state index in [4.69, 9.17) is 14.6 Å². The molecule has 1 aromatic carbocycles. The van der Waals surface area contributed by atoms with Gasteiger partial charge < -0.3 is 20.1 Å². The molecule has 2 atom stereocenters. The van der Waals surface area contributed by atoms with Gasteiger partial charge in [-0.25, -0.2) is 13.6 Å². The van der Waals surface area contributed by atoms with Crippen LogP contribution in [-0.2, 0) is 10.0 Å². The largest absolute Gasteiger partial charge is 0.493 e. The first-order valence-corrected chi connectivity index (χ1v) is 12.7. The van der Waals surface area contributed by atoms with E-state index in [1.807, 2.05) is 0 Å². The summed E-state index contributed by atoms with van der Waals surface area (Å²) < 4.78 is 34.5. The predicted molar refractivity (Wildman–Crippen MR) is 119 cm³/mol. The number of methoxy groups -OCH3 is 2. The Labute approximate surface area is 185 Å². The van der Waals surface area contributed by atoms with Crippen LogP contribution in [0.25, 0.3) is 0 Å². The van der Waals surface area contributed by atoms with E-state index in [1.54, 1.807) is 0 Å². The van der Waals surface area contributed by atoms with Crippen LogP contribution in [0, 0.1) is 5.92 Å². The topological polar surface area (TPSA) is 120 Å². The highest BCUT2D eigenvalue weighted by molar-refractivity contribution is 7.89. The molecule has 1 amide bonds. The quantitative estimate of drug-likeness (QED) is 0.521. The van der Waals surface area contributed by atoms with Crippen LogP contribution < -0.4 is 25.2 Å². The van der Waals surface area contributed by atoms with Crippen molar-refractivity contribution in [3.8, 4) is 11.5 Å². The number of sulfonamides is 1. The Morgan fingerprint density at radius 2 is 1.84 bits per heavy atom. The number of rotatable bonds is 8. The lowest BCUT2D eigenvalue weighted by molar-refractivity contribution is 0.0916. The fourth-order valence-corrected chi connectivity index (χ4v) is 5.41. The summed E-state index contributed by atoms with van der Waals surface area (Å²) in [6, 6.07) is 2.71. The third-order valence-corrected chi connectivity index (χ3v) is 7.38. The number of hydrogen-bond donors (Lipinski definition) is 3. The fraction of sp³-hybridized carbons (Fsp3) is 0.682. The molecule has 0 bridgehead atoms. The van der Waals surface area contributed by atoms with Gasteiger partial charge in [0, 0.05) is 18.2 Å². The van der Waals surface area contributed by atoms with Crippen molar-refractivity contribution in [3.63, 3.8) is 0 Å². The Hall–Kier alpha value is -1.84. The highest BCUT2D eigenvalue weighted by Crippen LogP contribution is 2.34. The third kappa shape index (κ3) is 6.11. The van der Waals surface area contributed by atoms with E-state index in [9.17, 15) is 13.2 Å². The van der Waals surface area contributed by atoms with Gasteiger partial charge >= 0.3 is 0 Å². The summed E-state index contributed by atoms with van der Waals surface area (Å²) >= 11 is 0. The van der Waals surface area contributed by atoms with Gasteiger partial charge in [0.2, 0.25) is 10.0 Å². The monoisotopic (exact) mass is 453 g/mol. The molecule has 2 aliphatic rings. The van der Waals surface area contributed by atoms with Gasteiger partial charge in [0.25, 0.3) is 5.91 Å². The minimum absolute atomic E-state index is 0.0352. The minimum atomic E-state index is -4.02. The van der Waals surface area contributed by atoms with Crippen LogP contribution in [0.1, 0.15) is 68.1 Å². The van der Waals surface area contributed by atoms with E-state index in [-0.39, 0.29) is 39.9 Å². The predicted octanol–water partition coefficient (Wildman–Crippen LogP) is 2.56. The molecule has 0 spiro atoms. The number of primary sulfonamides is 1. The zero-order chi connectivity index (χ0) is 22.4. The van der Waals surface area contributed by atoms with E-state index in [0.29, 0.717) is 5.92 Å². The molecule has 1 aliphatic carbocycles. The molecular weight excluding hydrogens is 418 g/mol. The Bertz CT molecular complexity index is 860. The number of carbonyl (C=O) groups excluding carboxylic acids is 1. The van der Waals surface area contributed by atoms with Crippen LogP contribution in [-0.4, -0.2) is 47.2 Å². The number of benzene rings is 1. The molecule has 1 heterocycles. The Morgan fingerprint density at radius 3 is 2.39 bits per heavy atom. The van der Waals surface area contributed by atoms with E-state index < -0.39 is 10.0 Å². The molecule has 4 N–H and O–H groups in total. The van der Waals surface area contributed by atoms with Crippen LogP contribution in [0.5, 0.6) is 11.5 Å². The van der Waals surface area contributed by atoms with Gasteiger partial charge in [-0.15, -0.1) is 0 Å². The molecule has 31 heavy (non-hydrogen) atoms. The van der Waals surface area contributed by atoms with Crippen LogP contribution in [0.4, 0.5) is 0 Å². The van der Waals surface area contributed by atoms with E-state index in [2.05, 4.69) is 10.6 Å². The van der Waals surface area contributed by atoms with E-state index >= 15 is 0 Å². The molecule has 1 saturated heterocycles. The summed E-state index contributed by atoms with van der Waals surface area (Å²) in [5.74, 6) is 0.550. The Balaban J connectivity index is 1.88. The smallest absolute Gasteiger partial charge is 0.255 e. The maximum absolute atomic E-state index is 13.3. The summed E-state index contributed by atoms with van der Waals surface area (Å²) in [7, 11) is -1.20. The van der Waals surface area contributed by atoms with Gasteiger partial charge in [0.05, 0.1) is 24.7 Å². The van der Waals surface area contributed by atoms with Crippen LogP contribution in [0.3, 0.4) is 0 Å². The number of amides is 1. The second kappa shape index (κ2) is 10.7. The molecule has 1 aromatic rings. The van der Waals surface area contributed by atoms with Crippen molar-refractivity contribution in [2.75, 3.05) is 20.8 Å². The molecule has 174 valence electrons. The normalized spacial score (nSPS) is 21.3. The second-order valence-corrected chi connectivity index (χ2v) is 10.2. The third-order valence-electron chi connectivity index (χ3n) is 6.49. The summed E-state index contributed by atoms with van der Waals surface area (Å²) in [4.78, 5) is 13.2. The first kappa shape index (κ1) is 23.8. The zero-order valence-corrected chi connectivity index (χ0v) is 19.3. The number of ether oxygens (including phenoxy) is 2. The van der Waals surface area contributed by atoms with Crippen molar-refractivity contribution in [3.05, 3.63) is 17.7 Å². The number of carbonyl (C=O) groups is 1. The molecule has 1 saturated carbocycles. The number of nitrogens with two attached hydrogens (primary N) is 1. The SMILES string of the molecule is COc1cc(S(N)(=O)=O)cc(C(=O)NC(CC2CCCCCC2)C2CCCN2)c1OC. The molecular formula is C22H35N3O5S. The van der Waals surface area contributed by atoms with Crippen molar-refractivity contribution < 1.29 is 22.7 Å². The maximum atomic E-state index is 13.3. The lowest BCUT2D eigenvalue weighted by atomic mass is 9.89. The Kier molecular flexibility index (Phi) is 8.18. The second-order valence-electron chi connectivity index (χ2n) is 8.63. The number of hydrogen-bond acceptors (Lipinski definition) is 6. The van der Waals surface area contributed by atoms with Crippen molar-refractivity contribution >= 4 is 15.9 Å².